The van der Waals surface area contributed by atoms with Crippen LogP contribution in [0.4, 0.5) is 0 Å². The van der Waals surface area contributed by atoms with Gasteiger partial charge in [0.2, 0.25) is 0 Å². The van der Waals surface area contributed by atoms with Crippen LogP contribution < -0.4 is 4.74 Å². The third-order valence-corrected chi connectivity index (χ3v) is 3.39. The van der Waals surface area contributed by atoms with E-state index in [0.29, 0.717) is 21.9 Å². The van der Waals surface area contributed by atoms with Gasteiger partial charge >= 0.3 is 0 Å². The average molecular weight is 289 g/mol. The van der Waals surface area contributed by atoms with Crippen LogP contribution in [0.5, 0.6) is 5.75 Å². The van der Waals surface area contributed by atoms with Gasteiger partial charge in [-0.15, -0.1) is 0 Å². The van der Waals surface area contributed by atoms with Crippen molar-refractivity contribution in [1.29, 1.82) is 0 Å². The van der Waals surface area contributed by atoms with Crippen molar-refractivity contribution in [2.75, 3.05) is 0 Å². The second-order valence-electron chi connectivity index (χ2n) is 4.94. The van der Waals surface area contributed by atoms with Crippen LogP contribution >= 0.6 is 11.6 Å². The van der Waals surface area contributed by atoms with Crippen molar-refractivity contribution < 1.29 is 9.53 Å². The maximum absolute atomic E-state index is 12.5. The molecule has 0 aromatic heterocycles. The summed E-state index contributed by atoms with van der Waals surface area (Å²) in [5, 5.41) is 0.602. The molecular weight excluding hydrogens is 272 g/mol. The standard InChI is InChI=1S/C17H17ClO2/c1-11(2)20-14-7-4-6-13(10-14)17(19)15-8-5-9-16(18)12(15)3/h4-11H,1-3H3. The van der Waals surface area contributed by atoms with Gasteiger partial charge in [0.1, 0.15) is 5.75 Å². The highest BCUT2D eigenvalue weighted by Crippen LogP contribution is 2.23. The highest BCUT2D eigenvalue weighted by molar-refractivity contribution is 6.32. The number of ketones is 1. The Balaban J connectivity index is 2.36. The molecule has 0 N–H and O–H groups in total. The van der Waals surface area contributed by atoms with Gasteiger partial charge in [0, 0.05) is 16.1 Å². The van der Waals surface area contributed by atoms with Crippen molar-refractivity contribution in [3.63, 3.8) is 0 Å². The molecule has 0 saturated heterocycles. The smallest absolute Gasteiger partial charge is 0.193 e. The third-order valence-electron chi connectivity index (χ3n) is 2.98. The summed E-state index contributed by atoms with van der Waals surface area (Å²) in [6.07, 6.45) is 0.0771. The zero-order valence-corrected chi connectivity index (χ0v) is 12.6. The van der Waals surface area contributed by atoms with E-state index in [9.17, 15) is 4.79 Å². The largest absolute Gasteiger partial charge is 0.491 e. The Kier molecular flexibility index (Phi) is 4.46. The number of carbonyl (C=O) groups excluding carboxylic acids is 1. The van der Waals surface area contributed by atoms with Crippen LogP contribution in [0.15, 0.2) is 42.5 Å². The minimum absolute atomic E-state index is 0.0424. The summed E-state index contributed by atoms with van der Waals surface area (Å²) in [6, 6.07) is 12.6. The molecule has 0 amide bonds. The summed E-state index contributed by atoms with van der Waals surface area (Å²) in [7, 11) is 0. The van der Waals surface area contributed by atoms with Gasteiger partial charge in [-0.2, -0.15) is 0 Å². The predicted octanol–water partition coefficient (Wildman–Crippen LogP) is 4.67. The molecule has 0 saturated carbocycles. The molecule has 0 unspecified atom stereocenters. The monoisotopic (exact) mass is 288 g/mol. The predicted molar refractivity (Wildman–Crippen MR) is 81.8 cm³/mol. The van der Waals surface area contributed by atoms with Crippen LogP contribution in [-0.2, 0) is 0 Å². The van der Waals surface area contributed by atoms with Crippen LogP contribution in [0.2, 0.25) is 5.02 Å². The van der Waals surface area contributed by atoms with E-state index in [-0.39, 0.29) is 11.9 Å². The van der Waals surface area contributed by atoms with Crippen LogP contribution in [0.3, 0.4) is 0 Å². The van der Waals surface area contributed by atoms with E-state index >= 15 is 0 Å². The van der Waals surface area contributed by atoms with Crippen LogP contribution in [0, 0.1) is 6.92 Å². The first kappa shape index (κ1) is 14.6. The summed E-state index contributed by atoms with van der Waals surface area (Å²) in [6.45, 7) is 5.76. The fourth-order valence-electron chi connectivity index (χ4n) is 1.99. The van der Waals surface area contributed by atoms with E-state index < -0.39 is 0 Å². The van der Waals surface area contributed by atoms with Crippen LogP contribution in [0.1, 0.15) is 35.3 Å². The molecule has 0 heterocycles. The Hall–Kier alpha value is -1.80. The Bertz CT molecular complexity index is 633. The molecule has 0 atom stereocenters. The molecule has 2 aromatic carbocycles. The van der Waals surface area contributed by atoms with Gasteiger partial charge in [-0.05, 0) is 44.5 Å². The fraction of sp³-hybridized carbons (Fsp3) is 0.235. The van der Waals surface area contributed by atoms with Crippen molar-refractivity contribution in [2.24, 2.45) is 0 Å². The van der Waals surface area contributed by atoms with Gasteiger partial charge in [-0.1, -0.05) is 35.9 Å². The van der Waals surface area contributed by atoms with Crippen molar-refractivity contribution in [3.8, 4) is 5.75 Å². The first-order valence-electron chi connectivity index (χ1n) is 6.55. The van der Waals surface area contributed by atoms with Crippen LogP contribution in [-0.4, -0.2) is 11.9 Å². The Morgan fingerprint density at radius 1 is 1.15 bits per heavy atom. The number of ether oxygens (including phenoxy) is 1. The van der Waals surface area contributed by atoms with Crippen molar-refractivity contribution in [3.05, 3.63) is 64.2 Å². The maximum atomic E-state index is 12.5. The van der Waals surface area contributed by atoms with Gasteiger partial charge < -0.3 is 4.74 Å². The lowest BCUT2D eigenvalue weighted by molar-refractivity contribution is 0.103. The number of carbonyl (C=O) groups is 1. The van der Waals surface area contributed by atoms with E-state index in [0.717, 1.165) is 5.56 Å². The number of rotatable bonds is 4. The van der Waals surface area contributed by atoms with Crippen molar-refractivity contribution >= 4 is 17.4 Å². The molecule has 20 heavy (non-hydrogen) atoms. The molecule has 2 aromatic rings. The molecule has 104 valence electrons. The second-order valence-corrected chi connectivity index (χ2v) is 5.34. The molecule has 0 fully saturated rings. The number of benzene rings is 2. The highest BCUT2D eigenvalue weighted by Gasteiger charge is 2.14. The maximum Gasteiger partial charge on any atom is 0.193 e. The molecule has 0 bridgehead atoms. The number of halogens is 1. The first-order chi connectivity index (χ1) is 9.49. The fourth-order valence-corrected chi connectivity index (χ4v) is 2.17. The summed E-state index contributed by atoms with van der Waals surface area (Å²) < 4.78 is 5.62. The molecule has 0 radical (unpaired) electrons. The second kappa shape index (κ2) is 6.10. The van der Waals surface area contributed by atoms with E-state index in [4.69, 9.17) is 16.3 Å². The molecule has 0 spiro atoms. The van der Waals surface area contributed by atoms with E-state index in [1.54, 1.807) is 30.3 Å². The average Bonchev–Trinajstić information content (AvgIpc) is 2.41. The summed E-state index contributed by atoms with van der Waals surface area (Å²) in [5.74, 6) is 0.657. The summed E-state index contributed by atoms with van der Waals surface area (Å²) in [4.78, 5) is 12.5. The zero-order valence-electron chi connectivity index (χ0n) is 11.8. The minimum atomic E-state index is -0.0424. The molecule has 0 aliphatic carbocycles. The molecule has 2 rings (SSSR count). The lowest BCUT2D eigenvalue weighted by Crippen LogP contribution is -2.08. The van der Waals surface area contributed by atoms with Gasteiger partial charge in [-0.25, -0.2) is 0 Å². The normalized spacial score (nSPS) is 10.7. The van der Waals surface area contributed by atoms with Gasteiger partial charge in [-0.3, -0.25) is 4.79 Å². The SMILES string of the molecule is Cc1c(Cl)cccc1C(=O)c1cccc(OC(C)C)c1. The molecular formula is C17H17ClO2. The summed E-state index contributed by atoms with van der Waals surface area (Å²) >= 11 is 6.07. The Morgan fingerprint density at radius 2 is 1.85 bits per heavy atom. The highest BCUT2D eigenvalue weighted by atomic mass is 35.5. The van der Waals surface area contributed by atoms with Crippen molar-refractivity contribution in [1.82, 2.24) is 0 Å². The van der Waals surface area contributed by atoms with Crippen LogP contribution in [0.25, 0.3) is 0 Å². The topological polar surface area (TPSA) is 26.3 Å². The quantitative estimate of drug-likeness (QED) is 0.765. The summed E-state index contributed by atoms with van der Waals surface area (Å²) in [5.41, 5.74) is 2.03. The molecule has 3 heteroatoms. The van der Waals surface area contributed by atoms with Gasteiger partial charge in [0.05, 0.1) is 6.10 Å². The van der Waals surface area contributed by atoms with E-state index in [1.807, 2.05) is 32.9 Å². The third kappa shape index (κ3) is 3.20. The number of hydrogen-bond donors (Lipinski definition) is 0. The van der Waals surface area contributed by atoms with E-state index in [1.165, 1.54) is 0 Å². The number of hydrogen-bond acceptors (Lipinski definition) is 2. The van der Waals surface area contributed by atoms with Gasteiger partial charge in [0.15, 0.2) is 5.78 Å². The minimum Gasteiger partial charge on any atom is -0.491 e. The molecule has 2 nitrogen and oxygen atoms in total. The zero-order chi connectivity index (χ0) is 14.7. The van der Waals surface area contributed by atoms with Gasteiger partial charge in [0.25, 0.3) is 0 Å². The van der Waals surface area contributed by atoms with Crippen molar-refractivity contribution in [2.45, 2.75) is 26.9 Å². The Morgan fingerprint density at radius 3 is 2.55 bits per heavy atom. The molecule has 0 aliphatic heterocycles. The first-order valence-corrected chi connectivity index (χ1v) is 6.93. The Labute approximate surface area is 124 Å². The van der Waals surface area contributed by atoms with E-state index in [2.05, 4.69) is 0 Å². The molecule has 0 aliphatic rings. The lowest BCUT2D eigenvalue weighted by Gasteiger charge is -2.11. The lowest BCUT2D eigenvalue weighted by atomic mass is 9.99.